The van der Waals surface area contributed by atoms with Crippen LogP contribution in [0.4, 0.5) is 4.79 Å². The van der Waals surface area contributed by atoms with Crippen molar-refractivity contribution in [1.29, 1.82) is 0 Å². The highest BCUT2D eigenvalue weighted by Crippen LogP contribution is 2.32. The van der Waals surface area contributed by atoms with Gasteiger partial charge in [-0.05, 0) is 52.3 Å². The second-order valence-electron chi connectivity index (χ2n) is 8.95. The molecule has 7 heteroatoms. The zero-order valence-electron chi connectivity index (χ0n) is 17.3. The Bertz CT molecular complexity index is 701. The maximum absolute atomic E-state index is 13.2. The molecule has 1 saturated heterocycles. The summed E-state index contributed by atoms with van der Waals surface area (Å²) in [6.45, 7) is 9.87. The van der Waals surface area contributed by atoms with Gasteiger partial charge in [0.2, 0.25) is 5.91 Å². The first-order chi connectivity index (χ1) is 12.9. The number of nitrogens with one attached hydrogen (secondary N) is 1. The summed E-state index contributed by atoms with van der Waals surface area (Å²) in [5, 5.41) is 13.9. The Morgan fingerprint density at radius 2 is 1.82 bits per heavy atom. The van der Waals surface area contributed by atoms with Crippen LogP contribution in [-0.2, 0) is 9.53 Å². The highest BCUT2D eigenvalue weighted by Gasteiger charge is 2.39. The Labute approximate surface area is 172 Å². The van der Waals surface area contributed by atoms with Gasteiger partial charge in [-0.25, -0.2) is 4.79 Å². The molecule has 1 heterocycles. The molecule has 0 bridgehead atoms. The minimum atomic E-state index is -1.23. The molecular formula is C21H31ClN2O4. The molecule has 0 aliphatic carbocycles. The first-order valence-corrected chi connectivity index (χ1v) is 10.00. The SMILES string of the molecule is CC(C)(C)NC(=O)OC1CCN(C(=O)C(c2cccc(Cl)c2)C(C)(C)O)CC1. The number of amides is 2. The lowest BCUT2D eigenvalue weighted by atomic mass is 9.83. The van der Waals surface area contributed by atoms with Crippen molar-refractivity contribution in [3.63, 3.8) is 0 Å². The molecule has 1 fully saturated rings. The summed E-state index contributed by atoms with van der Waals surface area (Å²) in [6, 6.07) is 7.04. The molecular weight excluding hydrogens is 380 g/mol. The van der Waals surface area contributed by atoms with Gasteiger partial charge in [-0.15, -0.1) is 0 Å². The van der Waals surface area contributed by atoms with Gasteiger partial charge < -0.3 is 20.1 Å². The standard InChI is InChI=1S/C21H31ClN2O4/c1-20(2,3)23-19(26)28-16-9-11-24(12-10-16)18(25)17(21(4,5)27)14-7-6-8-15(22)13-14/h6-8,13,16-17,27H,9-12H2,1-5H3,(H,23,26). The summed E-state index contributed by atoms with van der Waals surface area (Å²) in [5.74, 6) is -0.861. The number of carbonyl (C=O) groups excluding carboxylic acids is 2. The van der Waals surface area contributed by atoms with Crippen LogP contribution in [0.25, 0.3) is 0 Å². The minimum Gasteiger partial charge on any atom is -0.446 e. The normalized spacial score (nSPS) is 17.2. The van der Waals surface area contributed by atoms with E-state index in [1.165, 1.54) is 0 Å². The molecule has 1 unspecified atom stereocenters. The smallest absolute Gasteiger partial charge is 0.407 e. The average Bonchev–Trinajstić information content (AvgIpc) is 2.52. The minimum absolute atomic E-state index is 0.146. The maximum Gasteiger partial charge on any atom is 0.407 e. The van der Waals surface area contributed by atoms with Gasteiger partial charge in [0.15, 0.2) is 0 Å². The Kier molecular flexibility index (Phi) is 6.99. The lowest BCUT2D eigenvalue weighted by Crippen LogP contribution is -2.49. The number of hydrogen-bond donors (Lipinski definition) is 2. The monoisotopic (exact) mass is 410 g/mol. The number of hydrogen-bond acceptors (Lipinski definition) is 4. The molecule has 2 amide bonds. The maximum atomic E-state index is 13.2. The largest absolute Gasteiger partial charge is 0.446 e. The van der Waals surface area contributed by atoms with E-state index < -0.39 is 17.6 Å². The summed E-state index contributed by atoms with van der Waals surface area (Å²) < 4.78 is 5.47. The van der Waals surface area contributed by atoms with Crippen molar-refractivity contribution < 1.29 is 19.4 Å². The van der Waals surface area contributed by atoms with Gasteiger partial charge in [0.1, 0.15) is 6.10 Å². The summed E-state index contributed by atoms with van der Waals surface area (Å²) in [7, 11) is 0. The van der Waals surface area contributed by atoms with E-state index in [1.54, 1.807) is 43.0 Å². The number of benzene rings is 1. The van der Waals surface area contributed by atoms with E-state index in [0.29, 0.717) is 36.5 Å². The average molecular weight is 411 g/mol. The number of ether oxygens (including phenoxy) is 1. The number of carbonyl (C=O) groups is 2. The summed E-state index contributed by atoms with van der Waals surface area (Å²) in [4.78, 5) is 26.8. The number of aliphatic hydroxyl groups is 1. The molecule has 2 rings (SSSR count). The highest BCUT2D eigenvalue weighted by molar-refractivity contribution is 6.30. The number of piperidine rings is 1. The zero-order chi connectivity index (χ0) is 21.1. The van der Waals surface area contributed by atoms with Crippen molar-refractivity contribution in [1.82, 2.24) is 10.2 Å². The molecule has 0 aromatic heterocycles. The van der Waals surface area contributed by atoms with Crippen molar-refractivity contribution in [3.8, 4) is 0 Å². The van der Waals surface area contributed by atoms with E-state index >= 15 is 0 Å². The Morgan fingerprint density at radius 3 is 2.32 bits per heavy atom. The molecule has 2 N–H and O–H groups in total. The molecule has 0 radical (unpaired) electrons. The van der Waals surface area contributed by atoms with E-state index in [2.05, 4.69) is 5.32 Å². The molecule has 1 aliphatic heterocycles. The van der Waals surface area contributed by atoms with Gasteiger partial charge in [-0.1, -0.05) is 23.7 Å². The van der Waals surface area contributed by atoms with Crippen LogP contribution in [0, 0.1) is 0 Å². The molecule has 0 spiro atoms. The van der Waals surface area contributed by atoms with E-state index in [-0.39, 0.29) is 17.6 Å². The summed E-state index contributed by atoms with van der Waals surface area (Å²) >= 11 is 6.08. The molecule has 0 saturated carbocycles. The number of rotatable bonds is 4. The fourth-order valence-electron chi connectivity index (χ4n) is 3.40. The first-order valence-electron chi connectivity index (χ1n) is 9.62. The molecule has 6 nitrogen and oxygen atoms in total. The molecule has 1 aromatic carbocycles. The van der Waals surface area contributed by atoms with Crippen LogP contribution in [0.15, 0.2) is 24.3 Å². The van der Waals surface area contributed by atoms with Gasteiger partial charge >= 0.3 is 6.09 Å². The van der Waals surface area contributed by atoms with Gasteiger partial charge in [0.05, 0.1) is 11.5 Å². The topological polar surface area (TPSA) is 78.9 Å². The Balaban J connectivity index is 2.02. The van der Waals surface area contributed by atoms with Gasteiger partial charge in [0.25, 0.3) is 0 Å². The Hall–Kier alpha value is -1.79. The lowest BCUT2D eigenvalue weighted by molar-refractivity contribution is -0.140. The molecule has 1 aromatic rings. The third-order valence-electron chi connectivity index (χ3n) is 4.64. The van der Waals surface area contributed by atoms with E-state index in [1.807, 2.05) is 20.8 Å². The van der Waals surface area contributed by atoms with E-state index in [0.717, 1.165) is 0 Å². The van der Waals surface area contributed by atoms with Gasteiger partial charge in [-0.3, -0.25) is 4.79 Å². The third-order valence-corrected chi connectivity index (χ3v) is 4.87. The van der Waals surface area contributed by atoms with Crippen molar-refractivity contribution in [2.75, 3.05) is 13.1 Å². The van der Waals surface area contributed by atoms with Crippen LogP contribution < -0.4 is 5.32 Å². The number of nitrogens with zero attached hydrogens (tertiary/aromatic N) is 1. The van der Waals surface area contributed by atoms with Crippen LogP contribution in [0.2, 0.25) is 5.02 Å². The van der Waals surface area contributed by atoms with Gasteiger partial charge in [0, 0.05) is 36.5 Å². The molecule has 1 aliphatic rings. The van der Waals surface area contributed by atoms with Crippen LogP contribution in [0.3, 0.4) is 0 Å². The fraction of sp³-hybridized carbons (Fsp3) is 0.619. The van der Waals surface area contributed by atoms with E-state index in [4.69, 9.17) is 16.3 Å². The predicted molar refractivity (Wildman–Crippen MR) is 109 cm³/mol. The molecule has 1 atom stereocenters. The second-order valence-corrected chi connectivity index (χ2v) is 9.38. The van der Waals surface area contributed by atoms with Crippen LogP contribution in [0.5, 0.6) is 0 Å². The highest BCUT2D eigenvalue weighted by atomic mass is 35.5. The van der Waals surface area contributed by atoms with Crippen molar-refractivity contribution >= 4 is 23.6 Å². The fourth-order valence-corrected chi connectivity index (χ4v) is 3.60. The second kappa shape index (κ2) is 8.70. The summed E-state index contributed by atoms with van der Waals surface area (Å²) in [5.41, 5.74) is -0.903. The number of halogens is 1. The van der Waals surface area contributed by atoms with Crippen molar-refractivity contribution in [2.24, 2.45) is 0 Å². The van der Waals surface area contributed by atoms with E-state index in [9.17, 15) is 14.7 Å². The molecule has 156 valence electrons. The lowest BCUT2D eigenvalue weighted by Gasteiger charge is -2.37. The molecule has 28 heavy (non-hydrogen) atoms. The Morgan fingerprint density at radius 1 is 1.21 bits per heavy atom. The quantitative estimate of drug-likeness (QED) is 0.793. The predicted octanol–water partition coefficient (Wildman–Crippen LogP) is 3.71. The number of likely N-dealkylation sites (tertiary alicyclic amines) is 1. The first kappa shape index (κ1) is 22.5. The van der Waals surface area contributed by atoms with Crippen LogP contribution in [0.1, 0.15) is 58.9 Å². The van der Waals surface area contributed by atoms with Crippen molar-refractivity contribution in [2.45, 2.75) is 70.6 Å². The van der Waals surface area contributed by atoms with Gasteiger partial charge in [-0.2, -0.15) is 0 Å². The van der Waals surface area contributed by atoms with Crippen LogP contribution in [-0.4, -0.2) is 52.3 Å². The van der Waals surface area contributed by atoms with Crippen LogP contribution >= 0.6 is 11.6 Å². The number of alkyl carbamates (subject to hydrolysis) is 1. The zero-order valence-corrected chi connectivity index (χ0v) is 18.0. The van der Waals surface area contributed by atoms with Crippen molar-refractivity contribution in [3.05, 3.63) is 34.9 Å². The third kappa shape index (κ3) is 6.38. The summed E-state index contributed by atoms with van der Waals surface area (Å²) in [6.07, 6.45) is 0.471.